The van der Waals surface area contributed by atoms with Crippen molar-refractivity contribution in [1.82, 2.24) is 30.0 Å². The molecule has 2 aromatic carbocycles. The van der Waals surface area contributed by atoms with Crippen molar-refractivity contribution in [2.45, 2.75) is 25.9 Å². The molecule has 0 radical (unpaired) electrons. The number of hydrogen-bond acceptors (Lipinski definition) is 7. The average Bonchev–Trinajstić information content (AvgIpc) is 3.39. The van der Waals surface area contributed by atoms with Crippen molar-refractivity contribution < 1.29 is 9.15 Å². The lowest BCUT2D eigenvalue weighted by molar-refractivity contribution is 0.302. The van der Waals surface area contributed by atoms with Crippen molar-refractivity contribution in [3.8, 4) is 5.75 Å². The highest BCUT2D eigenvalue weighted by Crippen LogP contribution is 2.23. The largest absolute Gasteiger partial charge is 0.493 e. The van der Waals surface area contributed by atoms with Gasteiger partial charge in [0.15, 0.2) is 0 Å². The van der Waals surface area contributed by atoms with Gasteiger partial charge < -0.3 is 9.15 Å². The molecule has 9 heteroatoms. The van der Waals surface area contributed by atoms with Crippen LogP contribution in [0.1, 0.15) is 18.5 Å². The third-order valence-electron chi connectivity index (χ3n) is 4.87. The lowest BCUT2D eigenvalue weighted by atomic mass is 10.2. The van der Waals surface area contributed by atoms with Crippen LogP contribution in [0.25, 0.3) is 22.0 Å². The number of aromatic nitrogens is 6. The average molecular weight is 416 g/mol. The van der Waals surface area contributed by atoms with Crippen molar-refractivity contribution in [3.05, 3.63) is 76.9 Å². The highest BCUT2D eigenvalue weighted by atomic mass is 16.5. The zero-order valence-electron chi connectivity index (χ0n) is 16.7. The Morgan fingerprint density at radius 1 is 0.968 bits per heavy atom. The summed E-state index contributed by atoms with van der Waals surface area (Å²) in [5.74, 6) is 0.550. The molecule has 0 atom stereocenters. The standard InChI is InChI=1S/C22H20N6O3/c29-22-13-21(17-7-1-4-10-20(17)31-22)30-12-6-5-11-27-14-16(23-26-27)15-28-24-18-8-2-3-9-19(18)25-28/h1-4,7-10,13-14H,5-6,11-12,15H2. The van der Waals surface area contributed by atoms with E-state index in [1.165, 1.54) is 6.07 Å². The quantitative estimate of drug-likeness (QED) is 0.283. The van der Waals surface area contributed by atoms with E-state index in [9.17, 15) is 4.79 Å². The first kappa shape index (κ1) is 19.0. The fraction of sp³-hybridized carbons (Fsp3) is 0.227. The fourth-order valence-electron chi connectivity index (χ4n) is 3.40. The molecule has 0 aliphatic heterocycles. The van der Waals surface area contributed by atoms with Gasteiger partial charge >= 0.3 is 5.63 Å². The molecular formula is C22H20N6O3. The topological polar surface area (TPSA) is 101 Å². The summed E-state index contributed by atoms with van der Waals surface area (Å²) in [4.78, 5) is 13.3. The molecule has 0 amide bonds. The van der Waals surface area contributed by atoms with E-state index in [1.807, 2.05) is 53.3 Å². The normalized spacial score (nSPS) is 11.4. The molecule has 0 saturated carbocycles. The Bertz CT molecular complexity index is 1350. The molecule has 5 rings (SSSR count). The van der Waals surface area contributed by atoms with Gasteiger partial charge in [-0.3, -0.25) is 4.68 Å². The molecule has 3 aromatic heterocycles. The van der Waals surface area contributed by atoms with Crippen LogP contribution < -0.4 is 10.4 Å². The van der Waals surface area contributed by atoms with Gasteiger partial charge in [0.25, 0.3) is 0 Å². The zero-order valence-corrected chi connectivity index (χ0v) is 16.7. The maximum Gasteiger partial charge on any atom is 0.339 e. The van der Waals surface area contributed by atoms with Gasteiger partial charge in [-0.05, 0) is 37.1 Å². The summed E-state index contributed by atoms with van der Waals surface area (Å²) in [6, 6.07) is 16.5. The number of hydrogen-bond donors (Lipinski definition) is 0. The molecule has 31 heavy (non-hydrogen) atoms. The molecule has 0 bridgehead atoms. The fourth-order valence-corrected chi connectivity index (χ4v) is 3.40. The highest BCUT2D eigenvalue weighted by molar-refractivity contribution is 5.82. The lowest BCUT2D eigenvalue weighted by Crippen LogP contribution is -2.05. The third kappa shape index (κ3) is 4.30. The Labute approximate surface area is 176 Å². The van der Waals surface area contributed by atoms with E-state index in [0.717, 1.165) is 41.5 Å². The van der Waals surface area contributed by atoms with Gasteiger partial charge in [-0.15, -0.1) is 5.10 Å². The Kier molecular flexibility index (Phi) is 5.14. The first-order valence-corrected chi connectivity index (χ1v) is 10.1. The van der Waals surface area contributed by atoms with Crippen LogP contribution in [-0.2, 0) is 13.1 Å². The Morgan fingerprint density at radius 2 is 1.74 bits per heavy atom. The summed E-state index contributed by atoms with van der Waals surface area (Å²) >= 11 is 0. The number of fused-ring (bicyclic) bond motifs is 2. The minimum absolute atomic E-state index is 0.414. The van der Waals surface area contributed by atoms with E-state index in [-0.39, 0.29) is 0 Å². The number of nitrogens with zero attached hydrogens (tertiary/aromatic N) is 6. The van der Waals surface area contributed by atoms with Crippen molar-refractivity contribution in [2.24, 2.45) is 0 Å². The van der Waals surface area contributed by atoms with Crippen LogP contribution in [0.15, 0.2) is 70.0 Å². The van der Waals surface area contributed by atoms with Gasteiger partial charge in [-0.1, -0.05) is 29.5 Å². The minimum atomic E-state index is -0.414. The first-order valence-electron chi connectivity index (χ1n) is 10.1. The second-order valence-corrected chi connectivity index (χ2v) is 7.17. The van der Waals surface area contributed by atoms with Crippen molar-refractivity contribution in [1.29, 1.82) is 0 Å². The van der Waals surface area contributed by atoms with Crippen molar-refractivity contribution in [2.75, 3.05) is 6.61 Å². The molecule has 0 aliphatic rings. The number of unbranched alkanes of at least 4 members (excludes halogenated alkanes) is 1. The van der Waals surface area contributed by atoms with Crippen LogP contribution in [0.2, 0.25) is 0 Å². The van der Waals surface area contributed by atoms with E-state index in [0.29, 0.717) is 24.5 Å². The molecule has 9 nitrogen and oxygen atoms in total. The number of para-hydroxylation sites is 1. The van der Waals surface area contributed by atoms with Crippen molar-refractivity contribution in [3.63, 3.8) is 0 Å². The van der Waals surface area contributed by atoms with Gasteiger partial charge in [0.2, 0.25) is 0 Å². The van der Waals surface area contributed by atoms with Crippen LogP contribution in [0, 0.1) is 0 Å². The predicted molar refractivity (Wildman–Crippen MR) is 114 cm³/mol. The molecule has 3 heterocycles. The van der Waals surface area contributed by atoms with Gasteiger partial charge in [0, 0.05) is 6.54 Å². The summed E-state index contributed by atoms with van der Waals surface area (Å²) in [6.45, 7) is 1.70. The van der Waals surface area contributed by atoms with Gasteiger partial charge in [-0.25, -0.2) is 4.79 Å². The molecular weight excluding hydrogens is 396 g/mol. The molecule has 0 saturated heterocycles. The van der Waals surface area contributed by atoms with Crippen molar-refractivity contribution >= 4 is 22.0 Å². The third-order valence-corrected chi connectivity index (χ3v) is 4.87. The second-order valence-electron chi connectivity index (χ2n) is 7.17. The number of ether oxygens (including phenoxy) is 1. The van der Waals surface area contributed by atoms with Crippen LogP contribution in [0.4, 0.5) is 0 Å². The summed E-state index contributed by atoms with van der Waals surface area (Å²) in [5.41, 5.74) is 2.64. The van der Waals surface area contributed by atoms with Crippen LogP contribution in [-0.4, -0.2) is 36.6 Å². The smallest absolute Gasteiger partial charge is 0.339 e. The molecule has 0 aliphatic carbocycles. The number of benzene rings is 2. The predicted octanol–water partition coefficient (Wildman–Crippen LogP) is 3.04. The van der Waals surface area contributed by atoms with Crippen LogP contribution in [0.3, 0.4) is 0 Å². The number of rotatable bonds is 8. The van der Waals surface area contributed by atoms with Crippen LogP contribution in [0.5, 0.6) is 5.75 Å². The summed E-state index contributed by atoms with van der Waals surface area (Å²) in [7, 11) is 0. The molecule has 0 unspecified atom stereocenters. The van der Waals surface area contributed by atoms with E-state index in [2.05, 4.69) is 20.5 Å². The van der Waals surface area contributed by atoms with Crippen LogP contribution >= 0.6 is 0 Å². The summed E-state index contributed by atoms with van der Waals surface area (Å²) < 4.78 is 12.8. The van der Waals surface area contributed by atoms with E-state index in [4.69, 9.17) is 9.15 Å². The van der Waals surface area contributed by atoms with Gasteiger partial charge in [0.1, 0.15) is 34.6 Å². The highest BCUT2D eigenvalue weighted by Gasteiger charge is 2.07. The van der Waals surface area contributed by atoms with Gasteiger partial charge in [0.05, 0.1) is 24.3 Å². The molecule has 5 aromatic rings. The Balaban J connectivity index is 1.12. The summed E-state index contributed by atoms with van der Waals surface area (Å²) in [6.07, 6.45) is 3.59. The maximum absolute atomic E-state index is 11.7. The van der Waals surface area contributed by atoms with E-state index >= 15 is 0 Å². The minimum Gasteiger partial charge on any atom is -0.493 e. The Morgan fingerprint density at radius 3 is 2.58 bits per heavy atom. The molecule has 0 fully saturated rings. The lowest BCUT2D eigenvalue weighted by Gasteiger charge is -2.08. The maximum atomic E-state index is 11.7. The Hall–Kier alpha value is -4.01. The first-order chi connectivity index (χ1) is 15.2. The SMILES string of the molecule is O=c1cc(OCCCCn2cc(Cn3nc4ccccc4n3)nn2)c2ccccc2o1. The van der Waals surface area contributed by atoms with E-state index < -0.39 is 5.63 Å². The monoisotopic (exact) mass is 416 g/mol. The summed E-state index contributed by atoms with van der Waals surface area (Å²) in [5, 5.41) is 18.1. The molecule has 0 spiro atoms. The molecule has 0 N–H and O–H groups in total. The zero-order chi connectivity index (χ0) is 21.0. The second kappa shape index (κ2) is 8.39. The van der Waals surface area contributed by atoms with Gasteiger partial charge in [-0.2, -0.15) is 15.0 Å². The number of aryl methyl sites for hydroxylation is 1. The molecule has 156 valence electrons. The van der Waals surface area contributed by atoms with E-state index in [1.54, 1.807) is 10.9 Å².